The minimum atomic E-state index is -0.384. The number of likely N-dealkylation sites (tertiary alicyclic amines) is 1. The molecule has 0 bridgehead atoms. The minimum absolute atomic E-state index is 0.0972. The number of nitrogens with zero attached hydrogens (tertiary/aromatic N) is 2. The Bertz CT molecular complexity index is 881. The maximum Gasteiger partial charge on any atom is 0.224 e. The van der Waals surface area contributed by atoms with E-state index in [-0.39, 0.29) is 17.4 Å². The second kappa shape index (κ2) is 10.8. The molecule has 2 fully saturated rings. The van der Waals surface area contributed by atoms with Crippen LogP contribution in [0.25, 0.3) is 0 Å². The molecular formula is C26H34FN3O2. The van der Waals surface area contributed by atoms with Crippen molar-refractivity contribution in [2.75, 3.05) is 43.5 Å². The van der Waals surface area contributed by atoms with Crippen molar-refractivity contribution in [1.82, 2.24) is 4.90 Å². The molecule has 2 aliphatic rings. The molecular weight excluding hydrogens is 405 g/mol. The van der Waals surface area contributed by atoms with Crippen molar-refractivity contribution in [2.45, 2.75) is 44.6 Å². The van der Waals surface area contributed by atoms with E-state index < -0.39 is 0 Å². The summed E-state index contributed by atoms with van der Waals surface area (Å²) in [7, 11) is 1.70. The first kappa shape index (κ1) is 22.6. The predicted molar refractivity (Wildman–Crippen MR) is 127 cm³/mol. The zero-order valence-electron chi connectivity index (χ0n) is 18.9. The number of methoxy groups -OCH3 is 1. The summed E-state index contributed by atoms with van der Waals surface area (Å²) < 4.78 is 19.0. The zero-order chi connectivity index (χ0) is 22.3. The summed E-state index contributed by atoms with van der Waals surface area (Å²) >= 11 is 0. The van der Waals surface area contributed by atoms with Gasteiger partial charge in [-0.25, -0.2) is 4.39 Å². The minimum Gasteiger partial charge on any atom is -0.497 e. The fourth-order valence-corrected chi connectivity index (χ4v) is 5.06. The Balaban J connectivity index is 1.22. The number of nitrogens with one attached hydrogen (secondary N) is 1. The van der Waals surface area contributed by atoms with Gasteiger partial charge in [-0.05, 0) is 81.0 Å². The van der Waals surface area contributed by atoms with E-state index in [1.807, 2.05) is 12.1 Å². The number of benzene rings is 2. The molecule has 0 saturated carbocycles. The van der Waals surface area contributed by atoms with Crippen LogP contribution in [0.1, 0.15) is 38.5 Å². The van der Waals surface area contributed by atoms with Gasteiger partial charge in [0, 0.05) is 37.8 Å². The van der Waals surface area contributed by atoms with Gasteiger partial charge in [0.1, 0.15) is 11.6 Å². The van der Waals surface area contributed by atoms with Gasteiger partial charge in [0.05, 0.1) is 12.8 Å². The Morgan fingerprint density at radius 1 is 1.06 bits per heavy atom. The predicted octanol–water partition coefficient (Wildman–Crippen LogP) is 4.93. The molecule has 0 spiro atoms. The van der Waals surface area contributed by atoms with E-state index >= 15 is 0 Å². The number of piperidine rings is 2. The van der Waals surface area contributed by atoms with Crippen LogP contribution in [-0.2, 0) is 4.79 Å². The zero-order valence-corrected chi connectivity index (χ0v) is 18.9. The van der Waals surface area contributed by atoms with Gasteiger partial charge in [-0.2, -0.15) is 0 Å². The van der Waals surface area contributed by atoms with Crippen molar-refractivity contribution in [2.24, 2.45) is 5.92 Å². The van der Waals surface area contributed by atoms with E-state index in [9.17, 15) is 9.18 Å². The molecule has 32 heavy (non-hydrogen) atoms. The number of hydrogen-bond acceptors (Lipinski definition) is 4. The maximum absolute atomic E-state index is 13.7. The summed E-state index contributed by atoms with van der Waals surface area (Å²) in [5.41, 5.74) is 1.54. The summed E-state index contributed by atoms with van der Waals surface area (Å²) in [5, 5.41) is 2.71. The van der Waals surface area contributed by atoms with Crippen LogP contribution in [0.3, 0.4) is 0 Å². The van der Waals surface area contributed by atoms with Crippen molar-refractivity contribution in [3.8, 4) is 5.75 Å². The van der Waals surface area contributed by atoms with Crippen LogP contribution in [-0.4, -0.2) is 50.1 Å². The first-order chi connectivity index (χ1) is 15.6. The molecule has 2 aliphatic heterocycles. The van der Waals surface area contributed by atoms with Gasteiger partial charge in [-0.1, -0.05) is 12.1 Å². The van der Waals surface area contributed by atoms with Crippen LogP contribution in [0, 0.1) is 11.7 Å². The quantitative estimate of drug-likeness (QED) is 0.664. The first-order valence-corrected chi connectivity index (χ1v) is 11.8. The number of hydrogen-bond donors (Lipinski definition) is 1. The van der Waals surface area contributed by atoms with Crippen LogP contribution in [0.15, 0.2) is 48.5 Å². The number of carbonyl (C=O) groups is 1. The Kier molecular flexibility index (Phi) is 7.63. The third kappa shape index (κ3) is 5.80. The van der Waals surface area contributed by atoms with E-state index in [2.05, 4.69) is 27.2 Å². The van der Waals surface area contributed by atoms with Gasteiger partial charge in [0.2, 0.25) is 5.91 Å². The molecule has 2 aromatic carbocycles. The number of carbonyl (C=O) groups excluding carboxylic acids is 1. The summed E-state index contributed by atoms with van der Waals surface area (Å²) in [6.45, 7) is 4.37. The SMILES string of the molecule is COc1ccc(N2CCC(N3CCCC(CCC(=O)Nc4ccccc4F)C3)CC2)cc1. The highest BCUT2D eigenvalue weighted by molar-refractivity contribution is 5.90. The fraction of sp³-hybridized carbons (Fsp3) is 0.500. The third-order valence-corrected chi connectivity index (χ3v) is 6.90. The standard InChI is InChI=1S/C26H34FN3O2/c1-32-23-11-9-21(10-12-23)29-17-14-22(15-18-29)30-16-4-5-20(19-30)8-13-26(31)28-25-7-3-2-6-24(25)27/h2-3,6-7,9-12,20,22H,4-5,8,13-19H2,1H3,(H,28,31). The molecule has 2 heterocycles. The molecule has 1 unspecified atom stereocenters. The second-order valence-corrected chi connectivity index (χ2v) is 8.99. The lowest BCUT2D eigenvalue weighted by atomic mass is 9.90. The van der Waals surface area contributed by atoms with E-state index in [4.69, 9.17) is 4.74 Å². The molecule has 2 saturated heterocycles. The molecule has 0 aromatic heterocycles. The van der Waals surface area contributed by atoms with Crippen molar-refractivity contribution in [3.63, 3.8) is 0 Å². The summed E-state index contributed by atoms with van der Waals surface area (Å²) in [4.78, 5) is 17.4. The number of ether oxygens (including phenoxy) is 1. The lowest BCUT2D eigenvalue weighted by molar-refractivity contribution is -0.116. The monoisotopic (exact) mass is 439 g/mol. The maximum atomic E-state index is 13.7. The Morgan fingerprint density at radius 2 is 1.81 bits per heavy atom. The molecule has 4 rings (SSSR count). The molecule has 0 aliphatic carbocycles. The van der Waals surface area contributed by atoms with Gasteiger partial charge in [-0.3, -0.25) is 9.69 Å². The molecule has 1 atom stereocenters. The summed E-state index contributed by atoms with van der Waals surface area (Å²) in [5.74, 6) is 0.950. The number of para-hydroxylation sites is 1. The Hall–Kier alpha value is -2.60. The van der Waals surface area contributed by atoms with E-state index in [0.717, 1.165) is 38.3 Å². The first-order valence-electron chi connectivity index (χ1n) is 11.8. The topological polar surface area (TPSA) is 44.8 Å². The summed E-state index contributed by atoms with van der Waals surface area (Å²) in [6, 6.07) is 15.3. The van der Waals surface area contributed by atoms with Gasteiger partial charge >= 0.3 is 0 Å². The molecule has 2 aromatic rings. The number of rotatable bonds is 7. The van der Waals surface area contributed by atoms with Gasteiger partial charge in [0.15, 0.2) is 0 Å². The van der Waals surface area contributed by atoms with Crippen LogP contribution in [0.5, 0.6) is 5.75 Å². The second-order valence-electron chi connectivity index (χ2n) is 8.99. The average Bonchev–Trinajstić information content (AvgIpc) is 2.84. The highest BCUT2D eigenvalue weighted by Crippen LogP contribution is 2.29. The van der Waals surface area contributed by atoms with Gasteiger partial charge in [0.25, 0.3) is 0 Å². The van der Waals surface area contributed by atoms with Crippen LogP contribution >= 0.6 is 0 Å². The summed E-state index contributed by atoms with van der Waals surface area (Å²) in [6.07, 6.45) is 6.02. The molecule has 5 nitrogen and oxygen atoms in total. The van der Waals surface area contributed by atoms with Gasteiger partial charge in [-0.15, -0.1) is 0 Å². The van der Waals surface area contributed by atoms with E-state index in [1.54, 1.807) is 25.3 Å². The molecule has 1 amide bonds. The lowest BCUT2D eigenvalue weighted by Gasteiger charge is -2.43. The molecule has 0 radical (unpaired) electrons. The smallest absolute Gasteiger partial charge is 0.224 e. The highest BCUT2D eigenvalue weighted by atomic mass is 19.1. The highest BCUT2D eigenvalue weighted by Gasteiger charge is 2.29. The van der Waals surface area contributed by atoms with Crippen molar-refractivity contribution >= 4 is 17.3 Å². The normalized spacial score (nSPS) is 20.2. The van der Waals surface area contributed by atoms with Crippen molar-refractivity contribution in [3.05, 3.63) is 54.3 Å². The van der Waals surface area contributed by atoms with E-state index in [0.29, 0.717) is 18.4 Å². The average molecular weight is 440 g/mol. The van der Waals surface area contributed by atoms with E-state index in [1.165, 1.54) is 37.4 Å². The van der Waals surface area contributed by atoms with Gasteiger partial charge < -0.3 is 15.0 Å². The number of amides is 1. The van der Waals surface area contributed by atoms with Crippen LogP contribution in [0.2, 0.25) is 0 Å². The largest absolute Gasteiger partial charge is 0.497 e. The fourth-order valence-electron chi connectivity index (χ4n) is 5.06. The third-order valence-electron chi connectivity index (χ3n) is 6.90. The van der Waals surface area contributed by atoms with Crippen LogP contribution < -0.4 is 15.0 Å². The Morgan fingerprint density at radius 3 is 2.53 bits per heavy atom. The lowest BCUT2D eigenvalue weighted by Crippen LogP contribution is -2.48. The van der Waals surface area contributed by atoms with Crippen LogP contribution in [0.4, 0.5) is 15.8 Å². The number of halogens is 1. The van der Waals surface area contributed by atoms with Crippen molar-refractivity contribution in [1.29, 1.82) is 0 Å². The number of anilines is 2. The Labute approximate surface area is 190 Å². The molecule has 6 heteroatoms. The van der Waals surface area contributed by atoms with Crippen molar-refractivity contribution < 1.29 is 13.9 Å². The molecule has 172 valence electrons. The molecule has 1 N–H and O–H groups in total.